The number of amidine groups is 1. The van der Waals surface area contributed by atoms with Crippen molar-refractivity contribution >= 4 is 40.2 Å². The van der Waals surface area contributed by atoms with Crippen molar-refractivity contribution in [1.82, 2.24) is 9.97 Å². The number of rotatable bonds is 7. The number of aliphatic hydroxyl groups is 1. The number of ether oxygens (including phenoxy) is 2. The van der Waals surface area contributed by atoms with Crippen LogP contribution in [0.25, 0.3) is 10.9 Å². The van der Waals surface area contributed by atoms with E-state index in [1.165, 1.54) is 32.3 Å². The van der Waals surface area contributed by atoms with Gasteiger partial charge in [0.15, 0.2) is 11.5 Å². The van der Waals surface area contributed by atoms with Crippen LogP contribution in [0.1, 0.15) is 13.8 Å². The number of nitrogens with zero attached hydrogens (tertiary/aromatic N) is 3. The van der Waals surface area contributed by atoms with Crippen LogP contribution >= 0.6 is 11.8 Å². The lowest BCUT2D eigenvalue weighted by Crippen LogP contribution is -2.34. The zero-order valence-corrected chi connectivity index (χ0v) is 21.1. The molecule has 0 atom stereocenters. The number of aliphatic imine (C=N–C) groups is 1. The molecule has 196 valence electrons. The van der Waals surface area contributed by atoms with Crippen LogP contribution in [0.3, 0.4) is 0 Å². The number of halogens is 3. The van der Waals surface area contributed by atoms with E-state index in [4.69, 9.17) is 15.2 Å². The van der Waals surface area contributed by atoms with E-state index in [1.54, 1.807) is 36.4 Å². The SMILES string of the molecule is COc1cc2ncnc(Sc3cccc(NC(=O)/N=C(N)\C=C(/O)C(C)(C)C(F)(F)F)c3)c2cc1OC. The summed E-state index contributed by atoms with van der Waals surface area (Å²) in [5, 5.41) is 13.7. The first-order chi connectivity index (χ1) is 17.3. The van der Waals surface area contributed by atoms with Crippen LogP contribution in [0.5, 0.6) is 11.5 Å². The third-order valence-corrected chi connectivity index (χ3v) is 6.28. The summed E-state index contributed by atoms with van der Waals surface area (Å²) in [5.74, 6) is -0.616. The lowest BCUT2D eigenvalue weighted by Gasteiger charge is -2.26. The molecule has 37 heavy (non-hydrogen) atoms. The highest BCUT2D eigenvalue weighted by Crippen LogP contribution is 2.42. The molecule has 3 aromatic rings. The van der Waals surface area contributed by atoms with E-state index in [2.05, 4.69) is 20.3 Å². The monoisotopic (exact) mass is 535 g/mol. The van der Waals surface area contributed by atoms with Crippen molar-refractivity contribution in [3.8, 4) is 11.5 Å². The summed E-state index contributed by atoms with van der Waals surface area (Å²) in [6.45, 7) is 1.56. The minimum Gasteiger partial charge on any atom is -0.511 e. The molecule has 0 aliphatic carbocycles. The van der Waals surface area contributed by atoms with Crippen LogP contribution in [0.4, 0.5) is 23.7 Å². The van der Waals surface area contributed by atoms with Crippen LogP contribution in [0.15, 0.2) is 69.5 Å². The third-order valence-electron chi connectivity index (χ3n) is 5.27. The number of fused-ring (bicyclic) bond motifs is 1. The topological polar surface area (TPSA) is 132 Å². The van der Waals surface area contributed by atoms with Crippen molar-refractivity contribution in [3.63, 3.8) is 0 Å². The second-order valence-electron chi connectivity index (χ2n) is 8.15. The highest BCUT2D eigenvalue weighted by Gasteiger charge is 2.50. The molecule has 0 saturated carbocycles. The van der Waals surface area contributed by atoms with E-state index in [1.807, 2.05) is 0 Å². The van der Waals surface area contributed by atoms with Crippen LogP contribution in [0, 0.1) is 5.41 Å². The lowest BCUT2D eigenvalue weighted by molar-refractivity contribution is -0.206. The number of anilines is 1. The average molecular weight is 536 g/mol. The Kier molecular flexibility index (Phi) is 8.16. The molecule has 1 heterocycles. The van der Waals surface area contributed by atoms with Crippen LogP contribution in [-0.2, 0) is 0 Å². The summed E-state index contributed by atoms with van der Waals surface area (Å²) in [6.07, 6.45) is -2.70. The second kappa shape index (κ2) is 10.9. The van der Waals surface area contributed by atoms with Crippen LogP contribution < -0.4 is 20.5 Å². The number of amides is 2. The molecular formula is C24H24F3N5O4S. The average Bonchev–Trinajstić information content (AvgIpc) is 2.82. The molecule has 13 heteroatoms. The molecule has 1 aromatic heterocycles. The highest BCUT2D eigenvalue weighted by molar-refractivity contribution is 7.99. The number of hydrogen-bond acceptors (Lipinski definition) is 7. The molecule has 3 rings (SSSR count). The van der Waals surface area contributed by atoms with Gasteiger partial charge in [0.25, 0.3) is 0 Å². The zero-order valence-electron chi connectivity index (χ0n) is 20.3. The van der Waals surface area contributed by atoms with Gasteiger partial charge >= 0.3 is 12.2 Å². The van der Waals surface area contributed by atoms with Crippen molar-refractivity contribution in [2.24, 2.45) is 16.1 Å². The fraction of sp³-hybridized carbons (Fsp3) is 0.250. The maximum absolute atomic E-state index is 13.1. The number of hydrogen-bond donors (Lipinski definition) is 3. The third kappa shape index (κ3) is 6.42. The number of carbonyl (C=O) groups is 1. The van der Waals surface area contributed by atoms with Gasteiger partial charge in [0.05, 0.1) is 19.7 Å². The van der Waals surface area contributed by atoms with Gasteiger partial charge in [-0.1, -0.05) is 17.8 Å². The number of nitrogens with one attached hydrogen (secondary N) is 1. The maximum atomic E-state index is 13.1. The van der Waals surface area contributed by atoms with Crippen molar-refractivity contribution in [2.75, 3.05) is 19.5 Å². The number of benzene rings is 2. The number of urea groups is 1. The summed E-state index contributed by atoms with van der Waals surface area (Å²) in [6, 6.07) is 9.31. The molecule has 0 bridgehead atoms. The first-order valence-corrected chi connectivity index (χ1v) is 11.4. The number of aromatic nitrogens is 2. The van der Waals surface area contributed by atoms with Gasteiger partial charge in [-0.25, -0.2) is 14.8 Å². The smallest absolute Gasteiger partial charge is 0.400 e. The van der Waals surface area contributed by atoms with Gasteiger partial charge in [-0.15, -0.1) is 0 Å². The van der Waals surface area contributed by atoms with Gasteiger partial charge in [-0.05, 0) is 38.1 Å². The molecule has 0 fully saturated rings. The predicted molar refractivity (Wildman–Crippen MR) is 134 cm³/mol. The van der Waals surface area contributed by atoms with E-state index in [9.17, 15) is 23.1 Å². The quantitative estimate of drug-likeness (QED) is 0.152. The van der Waals surface area contributed by atoms with E-state index in [0.29, 0.717) is 38.7 Å². The Bertz CT molecular complexity index is 1380. The Hall–Kier alpha value is -4.00. The van der Waals surface area contributed by atoms with Gasteiger partial charge in [0.2, 0.25) is 0 Å². The van der Waals surface area contributed by atoms with Gasteiger partial charge < -0.3 is 25.6 Å². The summed E-state index contributed by atoms with van der Waals surface area (Å²) in [4.78, 5) is 25.1. The molecule has 2 amide bonds. The van der Waals surface area contributed by atoms with Gasteiger partial charge in [-0.3, -0.25) is 0 Å². The van der Waals surface area contributed by atoms with E-state index in [0.717, 1.165) is 19.2 Å². The molecule has 9 nitrogen and oxygen atoms in total. The molecular weight excluding hydrogens is 511 g/mol. The molecule has 0 unspecified atom stereocenters. The van der Waals surface area contributed by atoms with Crippen molar-refractivity contribution < 1.29 is 32.5 Å². The molecule has 2 aromatic carbocycles. The minimum atomic E-state index is -4.72. The Morgan fingerprint density at radius 3 is 2.46 bits per heavy atom. The summed E-state index contributed by atoms with van der Waals surface area (Å²) in [7, 11) is 3.05. The Balaban J connectivity index is 1.79. The maximum Gasteiger partial charge on any atom is 0.400 e. The van der Waals surface area contributed by atoms with Crippen molar-refractivity contribution in [2.45, 2.75) is 29.9 Å². The minimum absolute atomic E-state index is 0.355. The molecule has 0 aliphatic rings. The van der Waals surface area contributed by atoms with Gasteiger partial charge in [-0.2, -0.15) is 18.2 Å². The van der Waals surface area contributed by atoms with Crippen molar-refractivity contribution in [1.29, 1.82) is 0 Å². The Morgan fingerprint density at radius 1 is 1.14 bits per heavy atom. The van der Waals surface area contributed by atoms with Gasteiger partial charge in [0, 0.05) is 28.1 Å². The molecule has 0 spiro atoms. The van der Waals surface area contributed by atoms with E-state index in [-0.39, 0.29) is 0 Å². The van der Waals surface area contributed by atoms with Crippen LogP contribution in [-0.4, -0.2) is 47.3 Å². The molecule has 0 saturated heterocycles. The number of allylic oxidation sites excluding steroid dienone is 1. The fourth-order valence-corrected chi connectivity index (χ4v) is 3.89. The first kappa shape index (κ1) is 27.6. The zero-order chi connectivity index (χ0) is 27.4. The largest absolute Gasteiger partial charge is 0.511 e. The first-order valence-electron chi connectivity index (χ1n) is 10.6. The molecule has 4 N–H and O–H groups in total. The number of methoxy groups -OCH3 is 2. The normalized spacial score (nSPS) is 12.9. The van der Waals surface area contributed by atoms with Crippen molar-refractivity contribution in [3.05, 3.63) is 54.6 Å². The van der Waals surface area contributed by atoms with E-state index >= 15 is 0 Å². The number of carbonyl (C=O) groups excluding carboxylic acids is 1. The lowest BCUT2D eigenvalue weighted by atomic mass is 9.89. The Morgan fingerprint density at radius 2 is 1.81 bits per heavy atom. The number of nitrogens with two attached hydrogens (primary N) is 1. The summed E-state index contributed by atoms with van der Waals surface area (Å²) >= 11 is 1.31. The second-order valence-corrected chi connectivity index (χ2v) is 9.21. The predicted octanol–water partition coefficient (Wildman–Crippen LogP) is 5.72. The molecule has 0 radical (unpaired) electrons. The Labute approximate surface area is 214 Å². The fourth-order valence-electron chi connectivity index (χ4n) is 2.96. The van der Waals surface area contributed by atoms with Crippen LogP contribution in [0.2, 0.25) is 0 Å². The summed E-state index contributed by atoms with van der Waals surface area (Å²) in [5.41, 5.74) is 3.99. The van der Waals surface area contributed by atoms with Gasteiger partial charge in [0.1, 0.15) is 28.4 Å². The highest BCUT2D eigenvalue weighted by atomic mass is 32.2. The molecule has 0 aliphatic heterocycles. The number of alkyl halides is 3. The van der Waals surface area contributed by atoms with E-state index < -0.39 is 29.2 Å². The number of aliphatic hydroxyl groups excluding tert-OH is 1. The summed E-state index contributed by atoms with van der Waals surface area (Å²) < 4.78 is 49.8. The standard InChI is InChI=1S/C24H24F3N5O4S/c1-23(2,24(25,26)27)19(33)11-20(28)32-22(34)31-13-6-5-7-14(8-13)37-21-15-9-17(35-3)18(36-4)10-16(15)29-12-30-21/h5-12,33H,1-4H3,(H3,28,31,32,34)/b19-11-.